The minimum atomic E-state index is 0.0786. The average molecular weight is 268 g/mol. The number of hydrogen-bond acceptors (Lipinski definition) is 2. The zero-order chi connectivity index (χ0) is 13.3. The molecule has 0 aliphatic heterocycles. The number of ether oxygens (including phenoxy) is 1. The molecular weight excluding hydrogens is 246 g/mol. The molecule has 0 saturated heterocycles. The first kappa shape index (κ1) is 13.7. The summed E-state index contributed by atoms with van der Waals surface area (Å²) in [6.07, 6.45) is 3.50. The van der Waals surface area contributed by atoms with Crippen molar-refractivity contribution in [2.24, 2.45) is 5.73 Å². The van der Waals surface area contributed by atoms with Crippen LogP contribution in [-0.2, 0) is 5.41 Å². The lowest BCUT2D eigenvalue weighted by atomic mass is 9.64. The Kier molecular flexibility index (Phi) is 3.88. The number of methoxy groups -OCH3 is 1. The van der Waals surface area contributed by atoms with E-state index < -0.39 is 0 Å². The highest BCUT2D eigenvalue weighted by Gasteiger charge is 2.39. The number of benzene rings is 1. The summed E-state index contributed by atoms with van der Waals surface area (Å²) in [7, 11) is 1.67. The van der Waals surface area contributed by atoms with Gasteiger partial charge in [-0.25, -0.2) is 0 Å². The molecule has 0 atom stereocenters. The molecule has 0 bridgehead atoms. The lowest BCUT2D eigenvalue weighted by Gasteiger charge is -2.42. The maximum absolute atomic E-state index is 6.48. The molecule has 2 nitrogen and oxygen atoms in total. The number of hydrogen-bond donors (Lipinski definition) is 1. The maximum atomic E-state index is 6.48. The zero-order valence-electron chi connectivity index (χ0n) is 11.4. The van der Waals surface area contributed by atoms with Gasteiger partial charge < -0.3 is 10.5 Å². The third-order valence-electron chi connectivity index (χ3n) is 4.22. The van der Waals surface area contributed by atoms with Crippen molar-refractivity contribution in [2.75, 3.05) is 13.7 Å². The van der Waals surface area contributed by atoms with Crippen molar-refractivity contribution in [2.45, 2.75) is 44.4 Å². The average Bonchev–Trinajstić information content (AvgIpc) is 2.30. The van der Waals surface area contributed by atoms with Crippen LogP contribution in [0.25, 0.3) is 0 Å². The molecule has 0 amide bonds. The van der Waals surface area contributed by atoms with Gasteiger partial charge in [0.2, 0.25) is 0 Å². The summed E-state index contributed by atoms with van der Waals surface area (Å²) in [6, 6.07) is 4.26. The van der Waals surface area contributed by atoms with Crippen LogP contribution in [0.1, 0.15) is 50.2 Å². The van der Waals surface area contributed by atoms with Gasteiger partial charge in [-0.3, -0.25) is 0 Å². The largest absolute Gasteiger partial charge is 0.495 e. The Morgan fingerprint density at radius 2 is 2.06 bits per heavy atom. The highest BCUT2D eigenvalue weighted by atomic mass is 35.5. The zero-order valence-corrected chi connectivity index (χ0v) is 12.2. The maximum Gasteiger partial charge on any atom is 0.138 e. The Labute approximate surface area is 114 Å². The standard InChI is InChI=1S/C15H22ClNO/c1-10(2)11-7-12(14(16)13(8-11)18-3)15(9-17)5-4-6-15/h7-8,10H,4-6,9,17H2,1-3H3. The molecule has 0 unspecified atom stereocenters. The third kappa shape index (κ3) is 2.12. The van der Waals surface area contributed by atoms with Gasteiger partial charge in [-0.2, -0.15) is 0 Å². The molecule has 1 aliphatic rings. The Morgan fingerprint density at radius 1 is 1.39 bits per heavy atom. The molecule has 1 saturated carbocycles. The van der Waals surface area contributed by atoms with E-state index in [9.17, 15) is 0 Å². The summed E-state index contributed by atoms with van der Waals surface area (Å²) in [5.74, 6) is 1.24. The first-order chi connectivity index (χ1) is 8.54. The quantitative estimate of drug-likeness (QED) is 0.899. The van der Waals surface area contributed by atoms with Gasteiger partial charge in [0.05, 0.1) is 12.1 Å². The summed E-state index contributed by atoms with van der Waals surface area (Å²) in [5, 5.41) is 0.743. The predicted molar refractivity (Wildman–Crippen MR) is 76.7 cm³/mol. The highest BCUT2D eigenvalue weighted by Crippen LogP contribution is 2.48. The highest BCUT2D eigenvalue weighted by molar-refractivity contribution is 6.33. The fraction of sp³-hybridized carbons (Fsp3) is 0.600. The van der Waals surface area contributed by atoms with E-state index in [2.05, 4.69) is 19.9 Å². The minimum absolute atomic E-state index is 0.0786. The summed E-state index contributed by atoms with van der Waals surface area (Å²) >= 11 is 6.48. The van der Waals surface area contributed by atoms with Crippen LogP contribution in [0.15, 0.2) is 12.1 Å². The number of nitrogens with two attached hydrogens (primary N) is 1. The van der Waals surface area contributed by atoms with E-state index in [0.717, 1.165) is 23.6 Å². The molecule has 1 fully saturated rings. The van der Waals surface area contributed by atoms with Gasteiger partial charge in [-0.1, -0.05) is 37.9 Å². The van der Waals surface area contributed by atoms with Gasteiger partial charge in [0.25, 0.3) is 0 Å². The number of halogens is 1. The van der Waals surface area contributed by atoms with Crippen LogP contribution in [0.5, 0.6) is 5.75 Å². The second kappa shape index (κ2) is 5.10. The molecule has 2 rings (SSSR count). The molecule has 18 heavy (non-hydrogen) atoms. The molecule has 0 radical (unpaired) electrons. The second-order valence-corrected chi connectivity index (χ2v) is 5.96. The van der Waals surface area contributed by atoms with E-state index in [-0.39, 0.29) is 5.41 Å². The van der Waals surface area contributed by atoms with E-state index in [1.54, 1.807) is 7.11 Å². The SMILES string of the molecule is COc1cc(C(C)C)cc(C2(CN)CCC2)c1Cl. The topological polar surface area (TPSA) is 35.2 Å². The van der Waals surface area contributed by atoms with Crippen molar-refractivity contribution in [3.8, 4) is 5.75 Å². The van der Waals surface area contributed by atoms with Crippen molar-refractivity contribution in [1.82, 2.24) is 0 Å². The normalized spacial score (nSPS) is 17.7. The summed E-state index contributed by atoms with van der Waals surface area (Å²) in [4.78, 5) is 0. The first-order valence-electron chi connectivity index (χ1n) is 6.62. The molecule has 1 aromatic rings. The van der Waals surface area contributed by atoms with Crippen LogP contribution in [-0.4, -0.2) is 13.7 Å². The van der Waals surface area contributed by atoms with Gasteiger partial charge in [0.1, 0.15) is 5.75 Å². The van der Waals surface area contributed by atoms with Gasteiger partial charge >= 0.3 is 0 Å². The van der Waals surface area contributed by atoms with Gasteiger partial charge in [0.15, 0.2) is 0 Å². The summed E-state index contributed by atoms with van der Waals surface area (Å²) < 4.78 is 5.41. The van der Waals surface area contributed by atoms with Gasteiger partial charge in [-0.15, -0.1) is 0 Å². The first-order valence-corrected chi connectivity index (χ1v) is 7.00. The van der Waals surface area contributed by atoms with Crippen molar-refractivity contribution in [3.05, 3.63) is 28.3 Å². The van der Waals surface area contributed by atoms with E-state index in [1.165, 1.54) is 17.5 Å². The molecule has 0 spiro atoms. The predicted octanol–water partition coefficient (Wildman–Crippen LogP) is 3.85. The fourth-order valence-electron chi connectivity index (χ4n) is 2.67. The van der Waals surface area contributed by atoms with E-state index in [1.807, 2.05) is 6.07 Å². The van der Waals surface area contributed by atoms with Crippen molar-refractivity contribution < 1.29 is 4.74 Å². The van der Waals surface area contributed by atoms with E-state index in [4.69, 9.17) is 22.1 Å². The lowest BCUT2D eigenvalue weighted by Crippen LogP contribution is -2.41. The van der Waals surface area contributed by atoms with Gasteiger partial charge in [0, 0.05) is 12.0 Å². The fourth-order valence-corrected chi connectivity index (χ4v) is 3.06. The Bertz CT molecular complexity index is 433. The molecule has 1 aromatic carbocycles. The van der Waals surface area contributed by atoms with E-state index in [0.29, 0.717) is 12.5 Å². The molecular formula is C15H22ClNO. The van der Waals surface area contributed by atoms with Gasteiger partial charge in [-0.05, 0) is 36.0 Å². The van der Waals surface area contributed by atoms with Crippen LogP contribution in [0.3, 0.4) is 0 Å². The smallest absolute Gasteiger partial charge is 0.138 e. The van der Waals surface area contributed by atoms with Crippen LogP contribution in [0.4, 0.5) is 0 Å². The summed E-state index contributed by atoms with van der Waals surface area (Å²) in [6.45, 7) is 5.03. The van der Waals surface area contributed by atoms with Crippen LogP contribution >= 0.6 is 11.6 Å². The second-order valence-electron chi connectivity index (χ2n) is 5.58. The molecule has 3 heteroatoms. The van der Waals surface area contributed by atoms with Crippen LogP contribution in [0, 0.1) is 0 Å². The molecule has 1 aliphatic carbocycles. The minimum Gasteiger partial charge on any atom is -0.495 e. The molecule has 0 heterocycles. The van der Waals surface area contributed by atoms with Crippen LogP contribution in [0.2, 0.25) is 5.02 Å². The van der Waals surface area contributed by atoms with Crippen molar-refractivity contribution in [1.29, 1.82) is 0 Å². The van der Waals surface area contributed by atoms with Crippen molar-refractivity contribution in [3.63, 3.8) is 0 Å². The Balaban J connectivity index is 2.54. The monoisotopic (exact) mass is 267 g/mol. The van der Waals surface area contributed by atoms with E-state index >= 15 is 0 Å². The van der Waals surface area contributed by atoms with Crippen molar-refractivity contribution >= 4 is 11.6 Å². The molecule has 100 valence electrons. The summed E-state index contributed by atoms with van der Waals surface area (Å²) in [5.41, 5.74) is 8.52. The van der Waals surface area contributed by atoms with Crippen LogP contribution < -0.4 is 10.5 Å². The molecule has 2 N–H and O–H groups in total. The molecule has 0 aromatic heterocycles. The Morgan fingerprint density at radius 3 is 2.44 bits per heavy atom. The lowest BCUT2D eigenvalue weighted by molar-refractivity contribution is 0.252. The number of rotatable bonds is 4. The third-order valence-corrected chi connectivity index (χ3v) is 4.61. The Hall–Kier alpha value is -0.730.